The van der Waals surface area contributed by atoms with Crippen molar-refractivity contribution < 1.29 is 9.72 Å². The standard InChI is InChI=1S/C9H11ClN4O3/c1-2-11-8(15)5-13-9-7(10)3-6(4-12-9)14(16)17/h3-4H,2,5H2,1H3,(H,11,15)(H,12,13). The number of amides is 1. The van der Waals surface area contributed by atoms with Gasteiger partial charge in [-0.1, -0.05) is 11.6 Å². The average Bonchev–Trinajstić information content (AvgIpc) is 2.27. The van der Waals surface area contributed by atoms with Gasteiger partial charge in [-0.25, -0.2) is 4.98 Å². The van der Waals surface area contributed by atoms with Crippen LogP contribution in [0, 0.1) is 10.1 Å². The highest BCUT2D eigenvalue weighted by Crippen LogP contribution is 2.23. The molecule has 0 spiro atoms. The molecule has 8 heteroatoms. The highest BCUT2D eigenvalue weighted by molar-refractivity contribution is 6.33. The zero-order chi connectivity index (χ0) is 12.8. The Morgan fingerprint density at radius 1 is 1.65 bits per heavy atom. The van der Waals surface area contributed by atoms with E-state index in [0.717, 1.165) is 6.20 Å². The molecule has 1 amide bonds. The Bertz CT molecular complexity index is 438. The van der Waals surface area contributed by atoms with Crippen molar-refractivity contribution in [3.8, 4) is 0 Å². The zero-order valence-electron chi connectivity index (χ0n) is 9.07. The Balaban J connectivity index is 2.66. The molecule has 0 radical (unpaired) electrons. The SMILES string of the molecule is CCNC(=O)CNc1ncc([N+](=O)[O-])cc1Cl. The summed E-state index contributed by atoms with van der Waals surface area (Å²) in [5, 5.41) is 15.8. The molecule has 17 heavy (non-hydrogen) atoms. The topological polar surface area (TPSA) is 97.2 Å². The molecular weight excluding hydrogens is 248 g/mol. The summed E-state index contributed by atoms with van der Waals surface area (Å²) < 4.78 is 0. The fourth-order valence-corrected chi connectivity index (χ4v) is 1.31. The summed E-state index contributed by atoms with van der Waals surface area (Å²) in [7, 11) is 0. The van der Waals surface area contributed by atoms with E-state index in [1.165, 1.54) is 6.07 Å². The minimum atomic E-state index is -0.591. The largest absolute Gasteiger partial charge is 0.360 e. The van der Waals surface area contributed by atoms with E-state index in [2.05, 4.69) is 15.6 Å². The van der Waals surface area contributed by atoms with Gasteiger partial charge >= 0.3 is 0 Å². The van der Waals surface area contributed by atoms with Crippen LogP contribution in [0.25, 0.3) is 0 Å². The maximum atomic E-state index is 11.2. The van der Waals surface area contributed by atoms with Crippen LogP contribution in [0.5, 0.6) is 0 Å². The van der Waals surface area contributed by atoms with E-state index in [1.54, 1.807) is 6.92 Å². The maximum Gasteiger partial charge on any atom is 0.289 e. The molecule has 0 aliphatic rings. The molecule has 1 rings (SSSR count). The summed E-state index contributed by atoms with van der Waals surface area (Å²) >= 11 is 5.77. The first-order valence-electron chi connectivity index (χ1n) is 4.85. The Hall–Kier alpha value is -1.89. The normalized spacial score (nSPS) is 9.76. The lowest BCUT2D eigenvalue weighted by Crippen LogP contribution is -2.29. The molecule has 0 fully saturated rings. The van der Waals surface area contributed by atoms with Crippen LogP contribution in [0.3, 0.4) is 0 Å². The van der Waals surface area contributed by atoms with Crippen molar-refractivity contribution >= 4 is 29.0 Å². The fraction of sp³-hybridized carbons (Fsp3) is 0.333. The van der Waals surface area contributed by atoms with Gasteiger partial charge in [0.15, 0.2) is 0 Å². The number of hydrogen-bond acceptors (Lipinski definition) is 5. The van der Waals surface area contributed by atoms with Crippen LogP contribution >= 0.6 is 11.6 Å². The lowest BCUT2D eigenvalue weighted by molar-refractivity contribution is -0.385. The number of hydrogen-bond donors (Lipinski definition) is 2. The molecule has 0 aliphatic heterocycles. The fourth-order valence-electron chi connectivity index (χ4n) is 1.08. The van der Waals surface area contributed by atoms with Gasteiger partial charge in [0.05, 0.1) is 16.5 Å². The van der Waals surface area contributed by atoms with E-state index in [9.17, 15) is 14.9 Å². The number of likely N-dealkylation sites (N-methyl/N-ethyl adjacent to an activating group) is 1. The van der Waals surface area contributed by atoms with Crippen molar-refractivity contribution in [3.63, 3.8) is 0 Å². The monoisotopic (exact) mass is 258 g/mol. The van der Waals surface area contributed by atoms with Gasteiger partial charge in [-0.15, -0.1) is 0 Å². The van der Waals surface area contributed by atoms with Gasteiger partial charge in [0.1, 0.15) is 12.0 Å². The molecule has 7 nitrogen and oxygen atoms in total. The molecular formula is C9H11ClN4O3. The molecule has 1 aromatic rings. The number of anilines is 1. The Labute approximate surface area is 102 Å². The van der Waals surface area contributed by atoms with Crippen LogP contribution in [0.1, 0.15) is 6.92 Å². The van der Waals surface area contributed by atoms with E-state index >= 15 is 0 Å². The number of nitrogens with zero attached hydrogens (tertiary/aromatic N) is 2. The summed E-state index contributed by atoms with van der Waals surface area (Å²) in [6.45, 7) is 2.34. The van der Waals surface area contributed by atoms with Gasteiger partial charge in [-0.3, -0.25) is 14.9 Å². The molecule has 0 saturated heterocycles. The lowest BCUT2D eigenvalue weighted by atomic mass is 10.4. The first kappa shape index (κ1) is 13.2. The molecule has 0 saturated carbocycles. The second kappa shape index (κ2) is 6.00. The number of pyridine rings is 1. The van der Waals surface area contributed by atoms with Crippen LogP contribution in [0.4, 0.5) is 11.5 Å². The first-order valence-corrected chi connectivity index (χ1v) is 5.23. The van der Waals surface area contributed by atoms with E-state index in [0.29, 0.717) is 6.54 Å². The van der Waals surface area contributed by atoms with Gasteiger partial charge in [0.2, 0.25) is 5.91 Å². The molecule has 1 aromatic heterocycles. The predicted octanol–water partition coefficient (Wildman–Crippen LogP) is 1.19. The predicted molar refractivity (Wildman–Crippen MR) is 63.1 cm³/mol. The summed E-state index contributed by atoms with van der Waals surface area (Å²) in [6, 6.07) is 1.18. The number of carbonyl (C=O) groups is 1. The molecule has 1 heterocycles. The lowest BCUT2D eigenvalue weighted by Gasteiger charge is -2.06. The Morgan fingerprint density at radius 3 is 2.88 bits per heavy atom. The van der Waals surface area contributed by atoms with Gasteiger partial charge in [0.25, 0.3) is 5.69 Å². The third-order valence-corrected chi connectivity index (χ3v) is 2.12. The van der Waals surface area contributed by atoms with Crippen molar-refractivity contribution in [2.24, 2.45) is 0 Å². The third kappa shape index (κ3) is 3.87. The summed E-state index contributed by atoms with van der Waals surface area (Å²) in [5.41, 5.74) is -0.196. The molecule has 0 aliphatic carbocycles. The quantitative estimate of drug-likeness (QED) is 0.611. The van der Waals surface area contributed by atoms with Crippen molar-refractivity contribution in [3.05, 3.63) is 27.4 Å². The van der Waals surface area contributed by atoms with E-state index in [-0.39, 0.29) is 29.0 Å². The molecule has 92 valence electrons. The number of halogens is 1. The van der Waals surface area contributed by atoms with Crippen LogP contribution in [0.15, 0.2) is 12.3 Å². The zero-order valence-corrected chi connectivity index (χ0v) is 9.82. The Kier molecular flexibility index (Phi) is 4.65. The van der Waals surface area contributed by atoms with Crippen LogP contribution in [-0.2, 0) is 4.79 Å². The minimum Gasteiger partial charge on any atom is -0.360 e. The second-order valence-electron chi connectivity index (χ2n) is 3.09. The molecule has 0 bridgehead atoms. The van der Waals surface area contributed by atoms with E-state index in [1.807, 2.05) is 0 Å². The van der Waals surface area contributed by atoms with Crippen LogP contribution in [0.2, 0.25) is 5.02 Å². The second-order valence-corrected chi connectivity index (χ2v) is 3.50. The van der Waals surface area contributed by atoms with Gasteiger partial charge < -0.3 is 10.6 Å². The number of rotatable bonds is 5. The molecule has 2 N–H and O–H groups in total. The van der Waals surface area contributed by atoms with E-state index < -0.39 is 4.92 Å². The summed E-state index contributed by atoms with van der Waals surface area (Å²) in [6.07, 6.45) is 1.08. The van der Waals surface area contributed by atoms with Crippen LogP contribution < -0.4 is 10.6 Å². The van der Waals surface area contributed by atoms with Crippen LogP contribution in [-0.4, -0.2) is 28.9 Å². The number of aromatic nitrogens is 1. The average molecular weight is 259 g/mol. The van der Waals surface area contributed by atoms with Crippen molar-refractivity contribution in [2.45, 2.75) is 6.92 Å². The number of carbonyl (C=O) groups excluding carboxylic acids is 1. The highest BCUT2D eigenvalue weighted by atomic mass is 35.5. The minimum absolute atomic E-state index is 0.0123. The van der Waals surface area contributed by atoms with Crippen molar-refractivity contribution in [2.75, 3.05) is 18.4 Å². The first-order chi connectivity index (χ1) is 8.04. The third-order valence-electron chi connectivity index (χ3n) is 1.83. The summed E-state index contributed by atoms with van der Waals surface area (Å²) in [4.78, 5) is 24.8. The van der Waals surface area contributed by atoms with Crippen molar-refractivity contribution in [1.82, 2.24) is 10.3 Å². The molecule has 0 atom stereocenters. The smallest absolute Gasteiger partial charge is 0.289 e. The number of nitro groups is 1. The molecule has 0 unspecified atom stereocenters. The van der Waals surface area contributed by atoms with E-state index in [4.69, 9.17) is 11.6 Å². The summed E-state index contributed by atoms with van der Waals surface area (Å²) in [5.74, 6) is 0.0345. The highest BCUT2D eigenvalue weighted by Gasteiger charge is 2.11. The van der Waals surface area contributed by atoms with Gasteiger partial charge in [-0.2, -0.15) is 0 Å². The van der Waals surface area contributed by atoms with Gasteiger partial charge in [-0.05, 0) is 6.92 Å². The number of nitrogens with one attached hydrogen (secondary N) is 2. The van der Waals surface area contributed by atoms with Gasteiger partial charge in [0, 0.05) is 12.6 Å². The maximum absolute atomic E-state index is 11.2. The Morgan fingerprint density at radius 2 is 2.35 bits per heavy atom. The van der Waals surface area contributed by atoms with Crippen molar-refractivity contribution in [1.29, 1.82) is 0 Å². The molecule has 0 aromatic carbocycles.